The molecule has 1 aromatic heterocycles. The zero-order valence-corrected chi connectivity index (χ0v) is 13.3. The second-order valence-electron chi connectivity index (χ2n) is 5.83. The molecule has 0 spiro atoms. The molecule has 0 saturated carbocycles. The molecule has 0 aliphatic heterocycles. The Morgan fingerprint density at radius 1 is 1.04 bits per heavy atom. The molecule has 0 amide bonds. The summed E-state index contributed by atoms with van der Waals surface area (Å²) < 4.78 is 26.6. The Bertz CT molecular complexity index is 850. The van der Waals surface area contributed by atoms with Crippen molar-refractivity contribution in [1.82, 2.24) is 4.98 Å². The second kappa shape index (κ2) is 6.93. The molecule has 1 unspecified atom stereocenters. The van der Waals surface area contributed by atoms with Crippen LogP contribution in [0.4, 0.5) is 14.5 Å². The molecule has 2 aromatic carbocycles. The van der Waals surface area contributed by atoms with Crippen LogP contribution >= 0.6 is 0 Å². The summed E-state index contributed by atoms with van der Waals surface area (Å²) >= 11 is 0. The Morgan fingerprint density at radius 3 is 2.46 bits per heavy atom. The van der Waals surface area contributed by atoms with E-state index < -0.39 is 0 Å². The van der Waals surface area contributed by atoms with E-state index in [2.05, 4.69) is 10.3 Å². The van der Waals surface area contributed by atoms with E-state index in [4.69, 9.17) is 0 Å². The summed E-state index contributed by atoms with van der Waals surface area (Å²) in [6.07, 6.45) is 0.523. The minimum Gasteiger partial charge on any atom is -0.394 e. The van der Waals surface area contributed by atoms with Gasteiger partial charge in [-0.25, -0.2) is 8.78 Å². The molecule has 0 radical (unpaired) electrons. The first-order valence-electron chi connectivity index (χ1n) is 7.74. The third kappa shape index (κ3) is 3.68. The maximum absolute atomic E-state index is 13.6. The quantitative estimate of drug-likeness (QED) is 0.748. The molecule has 1 atom stereocenters. The second-order valence-corrected chi connectivity index (χ2v) is 5.83. The van der Waals surface area contributed by atoms with E-state index in [1.807, 2.05) is 13.0 Å². The minimum atomic E-state index is -0.338. The van der Waals surface area contributed by atoms with Crippen molar-refractivity contribution in [2.24, 2.45) is 0 Å². The zero-order chi connectivity index (χ0) is 17.1. The van der Waals surface area contributed by atoms with Gasteiger partial charge in [-0.2, -0.15) is 0 Å². The van der Waals surface area contributed by atoms with Crippen LogP contribution in [-0.4, -0.2) is 22.7 Å². The van der Waals surface area contributed by atoms with Crippen molar-refractivity contribution in [2.45, 2.75) is 19.4 Å². The Labute approximate surface area is 139 Å². The summed E-state index contributed by atoms with van der Waals surface area (Å²) in [7, 11) is 0. The molecule has 124 valence electrons. The predicted molar refractivity (Wildman–Crippen MR) is 91.0 cm³/mol. The topological polar surface area (TPSA) is 45.1 Å². The summed E-state index contributed by atoms with van der Waals surface area (Å²) in [5, 5.41) is 13.6. The van der Waals surface area contributed by atoms with Gasteiger partial charge in [-0.3, -0.25) is 4.98 Å². The van der Waals surface area contributed by atoms with Gasteiger partial charge in [-0.15, -0.1) is 0 Å². The van der Waals surface area contributed by atoms with Crippen LogP contribution < -0.4 is 5.32 Å². The summed E-state index contributed by atoms with van der Waals surface area (Å²) in [5.41, 5.74) is 3.12. The average molecular weight is 328 g/mol. The molecule has 3 nitrogen and oxygen atoms in total. The Morgan fingerprint density at radius 2 is 1.75 bits per heavy atom. The van der Waals surface area contributed by atoms with Gasteiger partial charge in [0.05, 0.1) is 18.2 Å². The van der Waals surface area contributed by atoms with Crippen LogP contribution in [0.3, 0.4) is 0 Å². The highest BCUT2D eigenvalue weighted by Gasteiger charge is 2.12. The molecule has 24 heavy (non-hydrogen) atoms. The van der Waals surface area contributed by atoms with Gasteiger partial charge in [0.25, 0.3) is 0 Å². The SMILES string of the molecule is Cc1cc(NC(CO)Cc2ccc(F)cc2)c2cc(F)ccc2n1. The van der Waals surface area contributed by atoms with E-state index in [0.29, 0.717) is 17.3 Å². The zero-order valence-electron chi connectivity index (χ0n) is 13.3. The number of aliphatic hydroxyl groups is 1. The number of fused-ring (bicyclic) bond motifs is 1. The van der Waals surface area contributed by atoms with Gasteiger partial charge in [-0.05, 0) is 55.3 Å². The summed E-state index contributed by atoms with van der Waals surface area (Å²) in [6.45, 7) is 1.76. The molecule has 0 fully saturated rings. The monoisotopic (exact) mass is 328 g/mol. The average Bonchev–Trinajstić information content (AvgIpc) is 2.56. The van der Waals surface area contributed by atoms with Crippen LogP contribution in [0, 0.1) is 18.6 Å². The molecule has 2 N–H and O–H groups in total. The molecule has 5 heteroatoms. The lowest BCUT2D eigenvalue weighted by Gasteiger charge is -2.19. The number of aryl methyl sites for hydroxylation is 1. The first kappa shape index (κ1) is 16.3. The van der Waals surface area contributed by atoms with Crippen molar-refractivity contribution in [2.75, 3.05) is 11.9 Å². The maximum Gasteiger partial charge on any atom is 0.124 e. The highest BCUT2D eigenvalue weighted by atomic mass is 19.1. The van der Waals surface area contributed by atoms with Gasteiger partial charge in [0.15, 0.2) is 0 Å². The molecule has 3 rings (SSSR count). The van der Waals surface area contributed by atoms with Crippen molar-refractivity contribution in [3.8, 4) is 0 Å². The van der Waals surface area contributed by atoms with Gasteiger partial charge in [0.2, 0.25) is 0 Å². The van der Waals surface area contributed by atoms with Gasteiger partial charge in [-0.1, -0.05) is 12.1 Å². The fraction of sp³-hybridized carbons (Fsp3) is 0.211. The van der Waals surface area contributed by atoms with Crippen LogP contribution in [0.2, 0.25) is 0 Å². The molecule has 0 bridgehead atoms. The highest BCUT2D eigenvalue weighted by Crippen LogP contribution is 2.25. The third-order valence-corrected chi connectivity index (χ3v) is 3.87. The first-order chi connectivity index (χ1) is 11.5. The van der Waals surface area contributed by atoms with Crippen molar-refractivity contribution >= 4 is 16.6 Å². The molecular weight excluding hydrogens is 310 g/mol. The number of halogens is 2. The van der Waals surface area contributed by atoms with E-state index in [1.54, 1.807) is 18.2 Å². The van der Waals surface area contributed by atoms with Crippen LogP contribution in [0.15, 0.2) is 48.5 Å². The number of benzene rings is 2. The van der Waals surface area contributed by atoms with Crippen molar-refractivity contribution < 1.29 is 13.9 Å². The Kier molecular flexibility index (Phi) is 4.71. The van der Waals surface area contributed by atoms with Gasteiger partial charge in [0.1, 0.15) is 11.6 Å². The number of rotatable bonds is 5. The lowest BCUT2D eigenvalue weighted by molar-refractivity contribution is 0.274. The number of aliphatic hydroxyl groups excluding tert-OH is 1. The van der Waals surface area contributed by atoms with Gasteiger partial charge >= 0.3 is 0 Å². The smallest absolute Gasteiger partial charge is 0.124 e. The standard InChI is InChI=1S/C19H18F2N2O/c1-12-8-19(17-10-15(21)6-7-18(17)22-12)23-16(11-24)9-13-2-4-14(20)5-3-13/h2-8,10,16,24H,9,11H2,1H3,(H,22,23). The van der Waals surface area contributed by atoms with E-state index in [-0.39, 0.29) is 24.3 Å². The molecule has 0 saturated heterocycles. The first-order valence-corrected chi connectivity index (χ1v) is 7.74. The number of pyridine rings is 1. The molecule has 3 aromatic rings. The van der Waals surface area contributed by atoms with Crippen LogP contribution in [-0.2, 0) is 6.42 Å². The molecule has 1 heterocycles. The largest absolute Gasteiger partial charge is 0.394 e. The normalized spacial score (nSPS) is 12.3. The molecule has 0 aliphatic carbocycles. The minimum absolute atomic E-state index is 0.102. The van der Waals surface area contributed by atoms with Crippen LogP contribution in [0.1, 0.15) is 11.3 Å². The van der Waals surface area contributed by atoms with Crippen molar-refractivity contribution in [1.29, 1.82) is 0 Å². The highest BCUT2D eigenvalue weighted by molar-refractivity contribution is 5.91. The number of nitrogens with one attached hydrogen (secondary N) is 1. The number of aromatic nitrogens is 1. The van der Waals surface area contributed by atoms with Crippen molar-refractivity contribution in [3.05, 3.63) is 71.4 Å². The lowest BCUT2D eigenvalue weighted by Crippen LogP contribution is -2.26. The number of anilines is 1. The fourth-order valence-corrected chi connectivity index (χ4v) is 2.74. The number of nitrogens with zero attached hydrogens (tertiary/aromatic N) is 1. The number of hydrogen-bond acceptors (Lipinski definition) is 3. The summed E-state index contributed by atoms with van der Waals surface area (Å²) in [5.74, 6) is -0.631. The van der Waals surface area contributed by atoms with Gasteiger partial charge < -0.3 is 10.4 Å². The third-order valence-electron chi connectivity index (χ3n) is 3.87. The van der Waals surface area contributed by atoms with Crippen LogP contribution in [0.25, 0.3) is 10.9 Å². The van der Waals surface area contributed by atoms with Crippen LogP contribution in [0.5, 0.6) is 0 Å². The Hall–Kier alpha value is -2.53. The molecule has 0 aliphatic rings. The van der Waals surface area contributed by atoms with E-state index in [0.717, 1.165) is 16.9 Å². The van der Waals surface area contributed by atoms with E-state index in [1.165, 1.54) is 24.3 Å². The fourth-order valence-electron chi connectivity index (χ4n) is 2.74. The molecular formula is C19H18F2N2O. The van der Waals surface area contributed by atoms with Gasteiger partial charge in [0, 0.05) is 16.8 Å². The maximum atomic E-state index is 13.6. The van der Waals surface area contributed by atoms with E-state index >= 15 is 0 Å². The summed E-state index contributed by atoms with van der Waals surface area (Å²) in [6, 6.07) is 12.2. The number of hydrogen-bond donors (Lipinski definition) is 2. The lowest BCUT2D eigenvalue weighted by atomic mass is 10.1. The Balaban J connectivity index is 1.89. The summed E-state index contributed by atoms with van der Waals surface area (Å²) in [4.78, 5) is 4.39. The predicted octanol–water partition coefficient (Wildman–Crippen LogP) is 3.84. The van der Waals surface area contributed by atoms with E-state index in [9.17, 15) is 13.9 Å². The van der Waals surface area contributed by atoms with Crippen molar-refractivity contribution in [3.63, 3.8) is 0 Å².